The van der Waals surface area contributed by atoms with Crippen LogP contribution in [0.15, 0.2) is 51.9 Å². The van der Waals surface area contributed by atoms with Crippen molar-refractivity contribution >= 4 is 16.8 Å². The molecule has 0 bridgehead atoms. The number of halogens is 4. The Kier molecular flexibility index (Phi) is 4.54. The molecule has 2 heterocycles. The van der Waals surface area contributed by atoms with Gasteiger partial charge in [-0.25, -0.2) is 4.39 Å². The first-order valence-electron chi connectivity index (χ1n) is 7.50. The van der Waals surface area contributed by atoms with Gasteiger partial charge in [-0.05, 0) is 24.3 Å². The highest BCUT2D eigenvalue weighted by molar-refractivity contribution is 5.91. The second-order valence-corrected chi connectivity index (χ2v) is 5.41. The number of nitrogens with zero attached hydrogens (tertiary/aromatic N) is 1. The van der Waals surface area contributed by atoms with Gasteiger partial charge in [-0.2, -0.15) is 13.2 Å². The van der Waals surface area contributed by atoms with E-state index in [0.717, 1.165) is 6.07 Å². The summed E-state index contributed by atoms with van der Waals surface area (Å²) in [4.78, 5) is 23.7. The number of carbonyl (C=O) groups excluding carboxylic acids is 1. The lowest BCUT2D eigenvalue weighted by molar-refractivity contribution is -0.143. The highest BCUT2D eigenvalue weighted by atomic mass is 19.4. The summed E-state index contributed by atoms with van der Waals surface area (Å²) in [5, 5.41) is 2.22. The molecule has 0 radical (unpaired) electrons. The summed E-state index contributed by atoms with van der Waals surface area (Å²) in [7, 11) is 0. The molecule has 0 aliphatic carbocycles. The summed E-state index contributed by atoms with van der Waals surface area (Å²) in [5.74, 6) is -1.57. The molecule has 136 valence electrons. The normalized spacial score (nSPS) is 11.7. The minimum Gasteiger partial charge on any atom is -0.459 e. The molecule has 0 unspecified atom stereocenters. The van der Waals surface area contributed by atoms with Gasteiger partial charge < -0.3 is 14.3 Å². The Morgan fingerprint density at radius 1 is 1.19 bits per heavy atom. The van der Waals surface area contributed by atoms with E-state index in [1.165, 1.54) is 30.5 Å². The molecule has 0 aliphatic heterocycles. The Hall–Kier alpha value is -3.10. The van der Waals surface area contributed by atoms with Gasteiger partial charge in [0.05, 0.1) is 11.8 Å². The SMILES string of the molecule is O=C(NCCn1c(C(F)(F)F)cc(=O)c2cccc(F)c21)c1ccco1. The molecule has 0 atom stereocenters. The number of amides is 1. The van der Waals surface area contributed by atoms with Gasteiger partial charge >= 0.3 is 6.18 Å². The second kappa shape index (κ2) is 6.66. The molecule has 0 saturated heterocycles. The molecule has 1 aromatic carbocycles. The summed E-state index contributed by atoms with van der Waals surface area (Å²) in [6, 6.07) is 6.77. The maximum atomic E-state index is 14.2. The fourth-order valence-corrected chi connectivity index (χ4v) is 2.63. The summed E-state index contributed by atoms with van der Waals surface area (Å²) < 4.78 is 59.6. The van der Waals surface area contributed by atoms with Crippen molar-refractivity contribution in [2.45, 2.75) is 12.7 Å². The Balaban J connectivity index is 1.99. The van der Waals surface area contributed by atoms with E-state index >= 15 is 0 Å². The van der Waals surface area contributed by atoms with Crippen LogP contribution in [0.4, 0.5) is 17.6 Å². The van der Waals surface area contributed by atoms with Crippen molar-refractivity contribution in [1.29, 1.82) is 0 Å². The van der Waals surface area contributed by atoms with Crippen molar-refractivity contribution in [1.82, 2.24) is 9.88 Å². The van der Waals surface area contributed by atoms with Crippen LogP contribution in [0.5, 0.6) is 0 Å². The van der Waals surface area contributed by atoms with E-state index in [1.54, 1.807) is 0 Å². The van der Waals surface area contributed by atoms with Gasteiger partial charge in [0, 0.05) is 24.5 Å². The van der Waals surface area contributed by atoms with Crippen LogP contribution in [0.25, 0.3) is 10.9 Å². The maximum absolute atomic E-state index is 14.2. The predicted octanol–water partition coefficient (Wildman–Crippen LogP) is 3.18. The third-order valence-corrected chi connectivity index (χ3v) is 3.74. The quantitative estimate of drug-likeness (QED) is 0.720. The number of pyridine rings is 1. The van der Waals surface area contributed by atoms with Crippen molar-refractivity contribution in [2.75, 3.05) is 6.54 Å². The van der Waals surface area contributed by atoms with E-state index in [9.17, 15) is 27.2 Å². The molecule has 0 aliphatic rings. The van der Waals surface area contributed by atoms with Gasteiger partial charge in [-0.3, -0.25) is 9.59 Å². The average molecular weight is 368 g/mol. The van der Waals surface area contributed by atoms with Crippen molar-refractivity contribution in [2.24, 2.45) is 0 Å². The highest BCUT2D eigenvalue weighted by Crippen LogP contribution is 2.31. The lowest BCUT2D eigenvalue weighted by atomic mass is 10.1. The number of hydrogen-bond donors (Lipinski definition) is 1. The third kappa shape index (κ3) is 3.32. The number of hydrogen-bond acceptors (Lipinski definition) is 3. The summed E-state index contributed by atoms with van der Waals surface area (Å²) in [6.45, 7) is -0.617. The maximum Gasteiger partial charge on any atom is 0.431 e. The number of aromatic nitrogens is 1. The summed E-state index contributed by atoms with van der Waals surface area (Å²) in [5.41, 5.74) is -2.67. The zero-order valence-corrected chi connectivity index (χ0v) is 13.1. The molecule has 0 fully saturated rings. The van der Waals surface area contributed by atoms with Crippen LogP contribution >= 0.6 is 0 Å². The zero-order valence-electron chi connectivity index (χ0n) is 13.1. The molecule has 1 amide bonds. The molecule has 3 rings (SSSR count). The number of carbonyl (C=O) groups is 1. The molecule has 3 aromatic rings. The Labute approximate surface area is 143 Å². The lowest BCUT2D eigenvalue weighted by Crippen LogP contribution is -2.30. The third-order valence-electron chi connectivity index (χ3n) is 3.74. The molecular weight excluding hydrogens is 356 g/mol. The number of furan rings is 1. The standard InChI is InChI=1S/C17H12F4N2O3/c18-11-4-1-3-10-12(24)9-14(17(19,20)21)23(15(10)11)7-6-22-16(25)13-5-2-8-26-13/h1-5,8-9H,6-7H2,(H,22,25). The van der Waals surface area contributed by atoms with Crippen LogP contribution in [0.3, 0.4) is 0 Å². The van der Waals surface area contributed by atoms with Gasteiger partial charge in [-0.1, -0.05) is 6.07 Å². The first kappa shape index (κ1) is 17.7. The lowest BCUT2D eigenvalue weighted by Gasteiger charge is -2.19. The molecule has 5 nitrogen and oxygen atoms in total. The van der Waals surface area contributed by atoms with Crippen LogP contribution in [-0.2, 0) is 12.7 Å². The van der Waals surface area contributed by atoms with E-state index < -0.39 is 34.5 Å². The molecule has 0 saturated carbocycles. The second-order valence-electron chi connectivity index (χ2n) is 5.41. The fraction of sp³-hybridized carbons (Fsp3) is 0.176. The number of alkyl halides is 3. The van der Waals surface area contributed by atoms with Crippen molar-refractivity contribution in [3.8, 4) is 0 Å². The Morgan fingerprint density at radius 3 is 2.62 bits per heavy atom. The largest absolute Gasteiger partial charge is 0.459 e. The van der Waals surface area contributed by atoms with Crippen LogP contribution < -0.4 is 10.7 Å². The molecular formula is C17H12F4N2O3. The molecule has 0 spiro atoms. The molecule has 2 aromatic heterocycles. The topological polar surface area (TPSA) is 64.2 Å². The van der Waals surface area contributed by atoms with E-state index in [1.807, 2.05) is 0 Å². The Morgan fingerprint density at radius 2 is 1.96 bits per heavy atom. The summed E-state index contributed by atoms with van der Waals surface area (Å²) in [6.07, 6.45) is -3.58. The van der Waals surface area contributed by atoms with E-state index in [4.69, 9.17) is 4.42 Å². The minimum atomic E-state index is -4.86. The van der Waals surface area contributed by atoms with Crippen LogP contribution in [-0.4, -0.2) is 17.0 Å². The Bertz CT molecular complexity index is 1010. The van der Waals surface area contributed by atoms with Gasteiger partial charge in [0.1, 0.15) is 11.5 Å². The molecule has 26 heavy (non-hydrogen) atoms. The van der Waals surface area contributed by atoms with E-state index in [2.05, 4.69) is 5.32 Å². The van der Waals surface area contributed by atoms with Gasteiger partial charge in [-0.15, -0.1) is 0 Å². The highest BCUT2D eigenvalue weighted by Gasteiger charge is 2.35. The van der Waals surface area contributed by atoms with Gasteiger partial charge in [0.25, 0.3) is 5.91 Å². The van der Waals surface area contributed by atoms with Crippen molar-refractivity contribution in [3.63, 3.8) is 0 Å². The number of nitrogens with one attached hydrogen (secondary N) is 1. The molecule has 1 N–H and O–H groups in total. The monoisotopic (exact) mass is 368 g/mol. The smallest absolute Gasteiger partial charge is 0.431 e. The van der Waals surface area contributed by atoms with Crippen molar-refractivity contribution < 1.29 is 26.8 Å². The van der Waals surface area contributed by atoms with Crippen molar-refractivity contribution in [3.05, 3.63) is 70.2 Å². The zero-order chi connectivity index (χ0) is 18.9. The first-order valence-corrected chi connectivity index (χ1v) is 7.50. The summed E-state index contributed by atoms with van der Waals surface area (Å²) >= 11 is 0. The number of benzene rings is 1. The fourth-order valence-electron chi connectivity index (χ4n) is 2.63. The van der Waals surface area contributed by atoms with Gasteiger partial charge in [0.2, 0.25) is 0 Å². The molecule has 9 heteroatoms. The number of fused-ring (bicyclic) bond motifs is 1. The van der Waals surface area contributed by atoms with E-state index in [-0.39, 0.29) is 24.2 Å². The first-order chi connectivity index (χ1) is 12.3. The van der Waals surface area contributed by atoms with Crippen LogP contribution in [0.1, 0.15) is 16.2 Å². The van der Waals surface area contributed by atoms with Gasteiger partial charge in [0.15, 0.2) is 11.2 Å². The van der Waals surface area contributed by atoms with E-state index in [0.29, 0.717) is 10.6 Å². The average Bonchev–Trinajstić information content (AvgIpc) is 3.10. The number of rotatable bonds is 4. The number of para-hydroxylation sites is 1. The van der Waals surface area contributed by atoms with Crippen LogP contribution in [0.2, 0.25) is 0 Å². The van der Waals surface area contributed by atoms with Crippen LogP contribution in [0, 0.1) is 5.82 Å². The predicted molar refractivity (Wildman–Crippen MR) is 84.2 cm³/mol. The minimum absolute atomic E-state index is 0.00279.